The maximum atomic E-state index is 16.6. The minimum Gasteiger partial charge on any atom is -0.523 e. The van der Waals surface area contributed by atoms with Crippen LogP contribution in [-0.4, -0.2) is 7.12 Å². The van der Waals surface area contributed by atoms with Crippen LogP contribution in [0.15, 0.2) is 24.0 Å². The molecule has 0 amide bonds. The zero-order valence-electron chi connectivity index (χ0n) is 20.2. The molecule has 0 N–H and O–H groups in total. The molecule has 0 aromatic heterocycles. The average Bonchev–Trinajstić information content (AvgIpc) is 3.19. The Bertz CT molecular complexity index is 1950. The van der Waals surface area contributed by atoms with Crippen molar-refractivity contribution in [3.8, 4) is 11.5 Å². The van der Waals surface area contributed by atoms with Crippen molar-refractivity contribution in [1.82, 2.24) is 0 Å². The summed E-state index contributed by atoms with van der Waals surface area (Å²) in [7, 11) is -3.89. The molecule has 0 bridgehead atoms. The highest BCUT2D eigenvalue weighted by Gasteiger charge is 2.65. The van der Waals surface area contributed by atoms with E-state index in [4.69, 9.17) is 0 Å². The summed E-state index contributed by atoms with van der Waals surface area (Å²) < 4.78 is 241. The van der Waals surface area contributed by atoms with Gasteiger partial charge in [0, 0.05) is 11.6 Å². The third-order valence-electron chi connectivity index (χ3n) is 6.34. The number of benzene rings is 4. The molecule has 4 aromatic carbocycles. The van der Waals surface area contributed by atoms with Gasteiger partial charge in [-0.15, -0.1) is 0 Å². The van der Waals surface area contributed by atoms with Gasteiger partial charge in [-0.1, -0.05) is 0 Å². The van der Waals surface area contributed by atoms with E-state index in [1.54, 1.807) is 0 Å². The Balaban J connectivity index is 1.86. The fourth-order valence-corrected chi connectivity index (χ4v) is 4.32. The molecule has 5 rings (SSSR count). The molecule has 4 aromatic rings. The molecular formula is C25H3BF16O2. The maximum absolute atomic E-state index is 16.6. The van der Waals surface area contributed by atoms with Crippen molar-refractivity contribution in [2.75, 3.05) is 0 Å². The highest BCUT2D eigenvalue weighted by Crippen LogP contribution is 2.54. The molecule has 1 aliphatic carbocycles. The Morgan fingerprint density at radius 2 is 1.00 bits per heavy atom. The topological polar surface area (TPSA) is 18.5 Å². The Labute approximate surface area is 231 Å². The van der Waals surface area contributed by atoms with Crippen LogP contribution in [0.4, 0.5) is 70.2 Å². The van der Waals surface area contributed by atoms with E-state index in [1.807, 2.05) is 0 Å². The molecule has 230 valence electrons. The molecule has 44 heavy (non-hydrogen) atoms. The van der Waals surface area contributed by atoms with Crippen molar-refractivity contribution in [3.63, 3.8) is 0 Å². The van der Waals surface area contributed by atoms with E-state index in [-0.39, 0.29) is 12.1 Å². The Morgan fingerprint density at radius 3 is 1.57 bits per heavy atom. The van der Waals surface area contributed by atoms with E-state index < -0.39 is 133 Å². The quantitative estimate of drug-likeness (QED) is 0.0933. The molecule has 0 aliphatic heterocycles. The third-order valence-corrected chi connectivity index (χ3v) is 6.34. The number of allylic oxidation sites excluding steroid dienone is 1. The molecule has 1 unspecified atom stereocenters. The summed E-state index contributed by atoms with van der Waals surface area (Å²) >= 11 is 0. The van der Waals surface area contributed by atoms with Crippen molar-refractivity contribution in [2.24, 2.45) is 0 Å². The predicted octanol–water partition coefficient (Wildman–Crippen LogP) is 8.62. The number of hydrogen-bond donors (Lipinski definition) is 0. The first-order chi connectivity index (χ1) is 20.5. The van der Waals surface area contributed by atoms with Crippen molar-refractivity contribution in [2.45, 2.75) is 5.57 Å². The van der Waals surface area contributed by atoms with E-state index in [1.165, 1.54) is 0 Å². The predicted molar refractivity (Wildman–Crippen MR) is 115 cm³/mol. The van der Waals surface area contributed by atoms with Crippen LogP contribution in [0, 0.1) is 75.6 Å². The van der Waals surface area contributed by atoms with Crippen LogP contribution in [-0.2, 0) is 5.57 Å². The number of fused-ring (bicyclic) bond motifs is 2. The molecule has 1 aliphatic rings. The van der Waals surface area contributed by atoms with Gasteiger partial charge in [0.25, 0.3) is 5.57 Å². The maximum Gasteiger partial charge on any atom is 0.647 e. The van der Waals surface area contributed by atoms with Crippen LogP contribution in [0.5, 0.6) is 11.5 Å². The Kier molecular flexibility index (Phi) is 7.20. The van der Waals surface area contributed by atoms with Crippen molar-refractivity contribution < 1.29 is 79.6 Å². The summed E-state index contributed by atoms with van der Waals surface area (Å²) in [5.74, 6) is -44.3. The van der Waals surface area contributed by atoms with E-state index >= 15 is 8.78 Å². The average molecular weight is 650 g/mol. The number of rotatable bonds is 5. The second-order valence-corrected chi connectivity index (χ2v) is 8.77. The number of alkyl halides is 1. The fourth-order valence-electron chi connectivity index (χ4n) is 4.32. The summed E-state index contributed by atoms with van der Waals surface area (Å²) in [5, 5.41) is -4.52. The van der Waals surface area contributed by atoms with Gasteiger partial charge >= 0.3 is 7.12 Å². The SMILES string of the molecule is FC1=C(F)C(F)(B(Oc2ccc(F)c(F)c2)Oc2c(F)c(F)c(F)c3c(F)c(F)c(F)c(F)c23)c2c(F)c(F)c(F)c(F)c21. The summed E-state index contributed by atoms with van der Waals surface area (Å²) in [4.78, 5) is 0. The largest absolute Gasteiger partial charge is 0.647 e. The molecule has 1 atom stereocenters. The normalized spacial score (nSPS) is 16.2. The summed E-state index contributed by atoms with van der Waals surface area (Å²) in [5.41, 5.74) is -9.86. The zero-order valence-corrected chi connectivity index (χ0v) is 20.2. The first-order valence-electron chi connectivity index (χ1n) is 11.2. The lowest BCUT2D eigenvalue weighted by Gasteiger charge is -2.28. The molecule has 0 fully saturated rings. The monoisotopic (exact) mass is 650 g/mol. The van der Waals surface area contributed by atoms with Gasteiger partial charge in [0.15, 0.2) is 87.2 Å². The summed E-state index contributed by atoms with van der Waals surface area (Å²) in [6, 6.07) is 0.474. The highest BCUT2D eigenvalue weighted by atomic mass is 19.2. The van der Waals surface area contributed by atoms with Gasteiger partial charge < -0.3 is 9.31 Å². The molecule has 0 heterocycles. The first kappa shape index (κ1) is 30.9. The fraction of sp³-hybridized carbons (Fsp3) is 0.0400. The molecular weight excluding hydrogens is 647 g/mol. The standard InChI is InChI=1S/C25H3BF16O2/c27-5-2-1-4(3-6(5)28)43-26(25(42)10-9(15(33)24(25)41)14(32)19(37)21(39)16(10)34)44-23-8-7(12(30)20(38)22(23)40)11(29)17(35)18(36)13(8)31/h1-3H. The van der Waals surface area contributed by atoms with Crippen LogP contribution in [0.2, 0.25) is 0 Å². The van der Waals surface area contributed by atoms with Crippen LogP contribution in [0.1, 0.15) is 11.1 Å². The summed E-state index contributed by atoms with van der Waals surface area (Å²) in [6.07, 6.45) is 0. The molecule has 0 saturated carbocycles. The van der Waals surface area contributed by atoms with Crippen molar-refractivity contribution >= 4 is 23.7 Å². The van der Waals surface area contributed by atoms with Gasteiger partial charge in [0.2, 0.25) is 5.82 Å². The van der Waals surface area contributed by atoms with Gasteiger partial charge in [0.05, 0.1) is 16.3 Å². The molecule has 0 radical (unpaired) electrons. The van der Waals surface area contributed by atoms with Crippen LogP contribution in [0.25, 0.3) is 16.6 Å². The molecule has 2 nitrogen and oxygen atoms in total. The Morgan fingerprint density at radius 1 is 0.500 bits per heavy atom. The van der Waals surface area contributed by atoms with Gasteiger partial charge in [-0.2, -0.15) is 4.39 Å². The summed E-state index contributed by atoms with van der Waals surface area (Å²) in [6.45, 7) is 0. The lowest BCUT2D eigenvalue weighted by Crippen LogP contribution is -2.49. The number of halogens is 16. The first-order valence-corrected chi connectivity index (χ1v) is 11.2. The lowest BCUT2D eigenvalue weighted by atomic mass is 9.64. The molecule has 0 saturated heterocycles. The van der Waals surface area contributed by atoms with Gasteiger partial charge in [0.1, 0.15) is 5.75 Å². The van der Waals surface area contributed by atoms with Crippen LogP contribution in [0.3, 0.4) is 0 Å². The van der Waals surface area contributed by atoms with Crippen molar-refractivity contribution in [3.05, 3.63) is 111 Å². The number of hydrogen-bond acceptors (Lipinski definition) is 2. The highest BCUT2D eigenvalue weighted by molar-refractivity contribution is 6.51. The molecule has 19 heteroatoms. The van der Waals surface area contributed by atoms with E-state index in [9.17, 15) is 61.5 Å². The second-order valence-electron chi connectivity index (χ2n) is 8.77. The van der Waals surface area contributed by atoms with E-state index in [2.05, 4.69) is 9.31 Å². The van der Waals surface area contributed by atoms with E-state index in [0.29, 0.717) is 6.07 Å². The van der Waals surface area contributed by atoms with E-state index in [0.717, 1.165) is 0 Å². The Hall–Kier alpha value is -4.58. The van der Waals surface area contributed by atoms with Crippen LogP contribution < -0.4 is 9.31 Å². The molecule has 0 spiro atoms. The minimum atomic E-state index is -5.05. The van der Waals surface area contributed by atoms with Crippen LogP contribution >= 0.6 is 0 Å². The lowest BCUT2D eigenvalue weighted by molar-refractivity contribution is 0.207. The van der Waals surface area contributed by atoms with Gasteiger partial charge in [-0.25, -0.2) is 65.9 Å². The van der Waals surface area contributed by atoms with Gasteiger partial charge in [-0.05, 0) is 12.1 Å². The smallest absolute Gasteiger partial charge is 0.523 e. The zero-order chi connectivity index (χ0) is 32.7. The second kappa shape index (κ2) is 10.3. The van der Waals surface area contributed by atoms with Crippen molar-refractivity contribution in [1.29, 1.82) is 0 Å². The van der Waals surface area contributed by atoms with Gasteiger partial charge in [-0.3, -0.25) is 0 Å². The minimum absolute atomic E-state index is 0.0416. The third kappa shape index (κ3) is 4.07.